The van der Waals surface area contributed by atoms with Gasteiger partial charge in [-0.25, -0.2) is 14.2 Å². The molecule has 6 unspecified atom stereocenters. The molecule has 6 fully saturated rings. The number of nitrogens with one attached hydrogen (secondary N) is 6. The van der Waals surface area contributed by atoms with Crippen LogP contribution in [0.15, 0.2) is 53.4 Å². The summed E-state index contributed by atoms with van der Waals surface area (Å²) in [5.41, 5.74) is 0.437. The van der Waals surface area contributed by atoms with E-state index >= 15 is 8.78 Å². The van der Waals surface area contributed by atoms with Crippen LogP contribution >= 0.6 is 0 Å². The zero-order valence-electron chi connectivity index (χ0n) is 44.7. The van der Waals surface area contributed by atoms with Gasteiger partial charge >= 0.3 is 12.4 Å². The standard InChI is InChI=1S/C56H64F8N10O7/c1-26(74-43(15-17-67-74)51(77)71-47(44(29-5-6-29)30-7-8-30)52(78)68-41-14-13-33(21-39(41)57)27(2)54(80)73-18-4-16-66-73)19-34-20-36(34)45(31-9-10-31)48(70-50(76)37-24-81-72-46(37)32-11-12-32)53(79)69-42-23-38(56(62,63)64)35(22-40(42)58)28(3)49(75)65-25-55(59,60)61/h13-15,17,21-24,26-32,34,36,44-45,47-48,66H,4-12,16,18-20,25H2,1-3H3,(H,65,75)(H,68,78)(H,69,79)(H,70,76)(H,71,77)/t26?,27?,28?,34?,36?,45?,47-,48-/m0/s1. The van der Waals surface area contributed by atoms with Crippen LogP contribution in [0.5, 0.6) is 0 Å². The van der Waals surface area contributed by atoms with E-state index in [1.807, 2.05) is 6.92 Å². The van der Waals surface area contributed by atoms with Crippen molar-refractivity contribution in [3.05, 3.63) is 94.1 Å². The van der Waals surface area contributed by atoms with Crippen LogP contribution in [-0.4, -0.2) is 93.3 Å². The number of hydrogen-bond acceptors (Lipinski definition) is 10. The molecule has 6 aliphatic rings. The van der Waals surface area contributed by atoms with Gasteiger partial charge in [0.25, 0.3) is 11.8 Å². The molecule has 10 rings (SSSR count). The van der Waals surface area contributed by atoms with Crippen LogP contribution in [0, 0.1) is 53.1 Å². The molecule has 0 spiro atoms. The number of nitrogens with zero attached hydrogens (tertiary/aromatic N) is 4. The van der Waals surface area contributed by atoms with Crippen LogP contribution in [0.3, 0.4) is 0 Å². The molecule has 5 aliphatic carbocycles. The van der Waals surface area contributed by atoms with E-state index in [1.165, 1.54) is 39.4 Å². The second-order valence-corrected chi connectivity index (χ2v) is 23.0. The molecule has 3 heterocycles. The van der Waals surface area contributed by atoms with E-state index < -0.39 is 113 Å². The largest absolute Gasteiger partial charge is 0.416 e. The number of carbonyl (C=O) groups excluding carboxylic acids is 6. The van der Waals surface area contributed by atoms with Crippen LogP contribution in [0.1, 0.15) is 158 Å². The summed E-state index contributed by atoms with van der Waals surface area (Å²) >= 11 is 0. The first kappa shape index (κ1) is 57.3. The molecule has 25 heteroatoms. The van der Waals surface area contributed by atoms with Gasteiger partial charge in [0, 0.05) is 25.2 Å². The molecule has 8 atom stereocenters. The topological polar surface area (TPSA) is 222 Å². The van der Waals surface area contributed by atoms with Gasteiger partial charge in [-0.2, -0.15) is 31.4 Å². The summed E-state index contributed by atoms with van der Waals surface area (Å²) in [5.74, 6) is -10.4. The molecule has 4 aromatic rings. The normalized spacial score (nSPS) is 21.4. The molecule has 6 N–H and O–H groups in total. The van der Waals surface area contributed by atoms with E-state index in [-0.39, 0.29) is 70.3 Å². The quantitative estimate of drug-likeness (QED) is 0.0387. The Morgan fingerprint density at radius 2 is 1.38 bits per heavy atom. The predicted octanol–water partition coefficient (Wildman–Crippen LogP) is 8.89. The Bertz CT molecular complexity index is 3040. The minimum atomic E-state index is -5.26. The summed E-state index contributed by atoms with van der Waals surface area (Å²) in [6, 6.07) is 3.45. The van der Waals surface area contributed by atoms with Crippen LogP contribution in [-0.2, 0) is 25.4 Å². The minimum absolute atomic E-state index is 0.0549. The number of anilines is 2. The SMILES string of the molecule is CC(C(=O)N1CCCN1)c1ccc(NC(=O)[C@@H](NC(=O)c2ccnn2C(C)CC2CC2C(C2CC2)[C@H](NC(=O)c2conc2C2CC2)C(=O)Nc2cc(C(F)(F)F)c(C(C)C(=O)NCC(F)(F)F)cc2F)C(C2CC2)C2CC2)c(F)c1. The summed E-state index contributed by atoms with van der Waals surface area (Å²) in [6.07, 6.45) is 0.412. The lowest BCUT2D eigenvalue weighted by Crippen LogP contribution is -2.50. The van der Waals surface area contributed by atoms with E-state index in [1.54, 1.807) is 13.0 Å². The first-order chi connectivity index (χ1) is 38.4. The molecule has 17 nitrogen and oxygen atoms in total. The highest BCUT2D eigenvalue weighted by molar-refractivity contribution is 6.03. The summed E-state index contributed by atoms with van der Waals surface area (Å²) in [5, 5.41) is 22.3. The Balaban J connectivity index is 0.854. The third-order valence-electron chi connectivity index (χ3n) is 16.9. The molecule has 2 aromatic carbocycles. The average Bonchev–Trinajstić information content (AvgIpc) is 4.18. The first-order valence-electron chi connectivity index (χ1n) is 27.8. The Morgan fingerprint density at radius 3 is 1.99 bits per heavy atom. The fourth-order valence-corrected chi connectivity index (χ4v) is 12.0. The highest BCUT2D eigenvalue weighted by atomic mass is 19.4. The number of alkyl halides is 6. The zero-order valence-corrected chi connectivity index (χ0v) is 44.7. The number of hydrazine groups is 1. The fraction of sp³-hybridized carbons (Fsp3) is 0.571. The highest BCUT2D eigenvalue weighted by Crippen LogP contribution is 2.57. The van der Waals surface area contributed by atoms with E-state index in [9.17, 15) is 55.1 Å². The minimum Gasteiger partial charge on any atom is -0.364 e. The van der Waals surface area contributed by atoms with Gasteiger partial charge in [-0.1, -0.05) is 11.2 Å². The maximum absolute atomic E-state index is 16.0. The Labute approximate surface area is 460 Å². The molecule has 436 valence electrons. The van der Waals surface area contributed by atoms with Crippen molar-refractivity contribution < 1.29 is 68.4 Å². The van der Waals surface area contributed by atoms with Gasteiger partial charge in [0.2, 0.25) is 23.6 Å². The zero-order chi connectivity index (χ0) is 57.8. The lowest BCUT2D eigenvalue weighted by Gasteiger charge is -2.29. The second-order valence-electron chi connectivity index (χ2n) is 23.0. The van der Waals surface area contributed by atoms with Crippen molar-refractivity contribution in [1.82, 2.24) is 41.3 Å². The number of benzene rings is 2. The monoisotopic (exact) mass is 1140 g/mol. The van der Waals surface area contributed by atoms with Gasteiger partial charge in [0.1, 0.15) is 47.8 Å². The predicted molar refractivity (Wildman–Crippen MR) is 275 cm³/mol. The Kier molecular flexibility index (Phi) is 16.1. The highest BCUT2D eigenvalue weighted by Gasteiger charge is 2.55. The molecular formula is C56H64F8N10O7. The van der Waals surface area contributed by atoms with Crippen molar-refractivity contribution in [2.24, 2.45) is 41.4 Å². The van der Waals surface area contributed by atoms with Crippen molar-refractivity contribution in [3.8, 4) is 0 Å². The molecule has 81 heavy (non-hydrogen) atoms. The molecule has 2 aromatic heterocycles. The fourth-order valence-electron chi connectivity index (χ4n) is 12.0. The third kappa shape index (κ3) is 13.2. The summed E-state index contributed by atoms with van der Waals surface area (Å²) in [6.45, 7) is 3.79. The number of amides is 6. The summed E-state index contributed by atoms with van der Waals surface area (Å²) in [7, 11) is 0. The van der Waals surface area contributed by atoms with Crippen molar-refractivity contribution in [2.75, 3.05) is 30.3 Å². The molecular weight excluding hydrogens is 1080 g/mol. The molecule has 5 saturated carbocycles. The lowest BCUT2D eigenvalue weighted by atomic mass is 9.86. The maximum atomic E-state index is 16.0. The smallest absolute Gasteiger partial charge is 0.364 e. The molecule has 1 aliphatic heterocycles. The van der Waals surface area contributed by atoms with Crippen LogP contribution < -0.4 is 32.0 Å². The number of carbonyl (C=O) groups is 6. The molecule has 0 radical (unpaired) electrons. The number of aromatic nitrogens is 3. The van der Waals surface area contributed by atoms with Crippen molar-refractivity contribution >= 4 is 46.8 Å². The lowest BCUT2D eigenvalue weighted by molar-refractivity contribution is -0.141. The van der Waals surface area contributed by atoms with Crippen molar-refractivity contribution in [3.63, 3.8) is 0 Å². The average molecular weight is 1140 g/mol. The molecule has 6 amide bonds. The maximum Gasteiger partial charge on any atom is 0.416 e. The molecule has 1 saturated heterocycles. The van der Waals surface area contributed by atoms with Crippen molar-refractivity contribution in [2.45, 2.75) is 140 Å². The van der Waals surface area contributed by atoms with E-state index in [4.69, 9.17) is 4.52 Å². The van der Waals surface area contributed by atoms with E-state index in [0.717, 1.165) is 58.1 Å². The molecule has 0 bridgehead atoms. The van der Waals surface area contributed by atoms with Crippen LogP contribution in [0.25, 0.3) is 0 Å². The van der Waals surface area contributed by atoms with Crippen molar-refractivity contribution in [1.29, 1.82) is 0 Å². The Morgan fingerprint density at radius 1 is 0.753 bits per heavy atom. The van der Waals surface area contributed by atoms with Gasteiger partial charge in [0.05, 0.1) is 40.5 Å². The number of rotatable bonds is 23. The van der Waals surface area contributed by atoms with E-state index in [2.05, 4.69) is 36.9 Å². The van der Waals surface area contributed by atoms with Gasteiger partial charge in [-0.15, -0.1) is 0 Å². The number of hydrogen-bond donors (Lipinski definition) is 6. The van der Waals surface area contributed by atoms with Gasteiger partial charge in [-0.3, -0.25) is 38.5 Å². The first-order valence-corrected chi connectivity index (χ1v) is 27.8. The van der Waals surface area contributed by atoms with Gasteiger partial charge < -0.3 is 31.1 Å². The summed E-state index contributed by atoms with van der Waals surface area (Å²) in [4.78, 5) is 83.1. The Hall–Kier alpha value is -6.92. The van der Waals surface area contributed by atoms with Crippen LogP contribution in [0.2, 0.25) is 0 Å². The van der Waals surface area contributed by atoms with E-state index in [0.29, 0.717) is 56.1 Å². The van der Waals surface area contributed by atoms with Gasteiger partial charge in [-0.05, 0) is 174 Å². The van der Waals surface area contributed by atoms with Gasteiger partial charge in [0.15, 0.2) is 0 Å². The third-order valence-corrected chi connectivity index (χ3v) is 16.9. The van der Waals surface area contributed by atoms with Crippen LogP contribution in [0.4, 0.5) is 46.5 Å². The number of halogens is 8. The second kappa shape index (κ2) is 22.8. The summed E-state index contributed by atoms with van der Waals surface area (Å²) < 4.78 is 121.